The van der Waals surface area contributed by atoms with Gasteiger partial charge in [0.1, 0.15) is 0 Å². The lowest BCUT2D eigenvalue weighted by molar-refractivity contribution is 0.186. The van der Waals surface area contributed by atoms with Gasteiger partial charge in [-0.15, -0.1) is 0 Å². The van der Waals surface area contributed by atoms with Gasteiger partial charge in [-0.3, -0.25) is 0 Å². The van der Waals surface area contributed by atoms with Crippen LogP contribution in [-0.2, 0) is 4.74 Å². The Labute approximate surface area is 68.4 Å². The quantitative estimate of drug-likeness (QED) is 0.621. The molecule has 1 rings (SSSR count). The van der Waals surface area contributed by atoms with Crippen molar-refractivity contribution in [2.24, 2.45) is 11.7 Å². The highest BCUT2D eigenvalue weighted by atomic mass is 16.5. The van der Waals surface area contributed by atoms with Crippen molar-refractivity contribution in [2.75, 3.05) is 19.8 Å². The molecule has 0 amide bonds. The second-order valence-electron chi connectivity index (χ2n) is 3.01. The van der Waals surface area contributed by atoms with Gasteiger partial charge in [0.25, 0.3) is 0 Å². The van der Waals surface area contributed by atoms with Crippen LogP contribution in [-0.4, -0.2) is 19.8 Å². The van der Waals surface area contributed by atoms with Crippen LogP contribution in [0.4, 0.5) is 0 Å². The molecule has 0 radical (unpaired) electrons. The highest BCUT2D eigenvalue weighted by molar-refractivity contribution is 4.85. The van der Waals surface area contributed by atoms with Gasteiger partial charge in [-0.25, -0.2) is 0 Å². The molecule has 0 aliphatic carbocycles. The first-order chi connectivity index (χ1) is 5.43. The fraction of sp³-hybridized carbons (Fsp3) is 0.778. The van der Waals surface area contributed by atoms with E-state index >= 15 is 0 Å². The zero-order valence-corrected chi connectivity index (χ0v) is 6.96. The maximum absolute atomic E-state index is 5.35. The summed E-state index contributed by atoms with van der Waals surface area (Å²) in [4.78, 5) is 0. The SMILES string of the molecule is NCC/C=C\CC1CCOC1. The molecule has 64 valence electrons. The van der Waals surface area contributed by atoms with Gasteiger partial charge in [-0.2, -0.15) is 0 Å². The molecule has 1 aliphatic heterocycles. The number of allylic oxidation sites excluding steroid dienone is 1. The Hall–Kier alpha value is -0.340. The molecular weight excluding hydrogens is 138 g/mol. The molecule has 1 aliphatic rings. The van der Waals surface area contributed by atoms with Crippen LogP contribution in [0.5, 0.6) is 0 Å². The summed E-state index contributed by atoms with van der Waals surface area (Å²) in [6.45, 7) is 2.67. The predicted octanol–water partition coefficient (Wildman–Crippen LogP) is 1.32. The molecule has 1 unspecified atom stereocenters. The summed E-state index contributed by atoms with van der Waals surface area (Å²) >= 11 is 0. The number of ether oxygens (including phenoxy) is 1. The molecule has 0 spiro atoms. The van der Waals surface area contributed by atoms with E-state index in [1.54, 1.807) is 0 Å². The van der Waals surface area contributed by atoms with Crippen molar-refractivity contribution in [1.29, 1.82) is 0 Å². The molecule has 0 aromatic carbocycles. The number of hydrogen-bond donors (Lipinski definition) is 1. The van der Waals surface area contributed by atoms with Crippen molar-refractivity contribution < 1.29 is 4.74 Å². The summed E-state index contributed by atoms with van der Waals surface area (Å²) < 4.78 is 5.26. The molecule has 1 saturated heterocycles. The molecular formula is C9H17NO. The highest BCUT2D eigenvalue weighted by Gasteiger charge is 2.12. The van der Waals surface area contributed by atoms with Crippen molar-refractivity contribution >= 4 is 0 Å². The topological polar surface area (TPSA) is 35.2 Å². The minimum Gasteiger partial charge on any atom is -0.381 e. The third kappa shape index (κ3) is 3.54. The van der Waals surface area contributed by atoms with Crippen LogP contribution in [0, 0.1) is 5.92 Å². The number of hydrogen-bond acceptors (Lipinski definition) is 2. The van der Waals surface area contributed by atoms with Crippen LogP contribution >= 0.6 is 0 Å². The lowest BCUT2D eigenvalue weighted by Crippen LogP contribution is -1.97. The minimum atomic E-state index is 0.762. The molecule has 2 nitrogen and oxygen atoms in total. The first-order valence-corrected chi connectivity index (χ1v) is 4.36. The summed E-state index contributed by atoms with van der Waals surface area (Å²) in [7, 11) is 0. The first kappa shape index (κ1) is 8.75. The molecule has 2 N–H and O–H groups in total. The second kappa shape index (κ2) is 5.33. The van der Waals surface area contributed by atoms with Crippen molar-refractivity contribution in [2.45, 2.75) is 19.3 Å². The summed E-state index contributed by atoms with van der Waals surface area (Å²) in [6.07, 6.45) is 7.80. The van der Waals surface area contributed by atoms with Gasteiger partial charge in [0.2, 0.25) is 0 Å². The molecule has 11 heavy (non-hydrogen) atoms. The van der Waals surface area contributed by atoms with Crippen LogP contribution in [0.2, 0.25) is 0 Å². The molecule has 2 heteroatoms. The maximum Gasteiger partial charge on any atom is 0.0498 e. The average molecular weight is 155 g/mol. The third-order valence-corrected chi connectivity index (χ3v) is 1.99. The smallest absolute Gasteiger partial charge is 0.0498 e. The van der Waals surface area contributed by atoms with E-state index in [-0.39, 0.29) is 0 Å². The van der Waals surface area contributed by atoms with Crippen molar-refractivity contribution in [3.05, 3.63) is 12.2 Å². The van der Waals surface area contributed by atoms with Crippen LogP contribution in [0.1, 0.15) is 19.3 Å². The first-order valence-electron chi connectivity index (χ1n) is 4.36. The van der Waals surface area contributed by atoms with E-state index in [9.17, 15) is 0 Å². The number of rotatable bonds is 4. The minimum absolute atomic E-state index is 0.762. The summed E-state index contributed by atoms with van der Waals surface area (Å²) in [6, 6.07) is 0. The van der Waals surface area contributed by atoms with Crippen molar-refractivity contribution in [1.82, 2.24) is 0 Å². The Balaban J connectivity index is 2.01. The summed E-state index contributed by atoms with van der Waals surface area (Å²) in [5.41, 5.74) is 5.35. The van der Waals surface area contributed by atoms with Crippen LogP contribution in [0.15, 0.2) is 12.2 Å². The fourth-order valence-corrected chi connectivity index (χ4v) is 1.27. The third-order valence-electron chi connectivity index (χ3n) is 1.99. The van der Waals surface area contributed by atoms with Crippen LogP contribution in [0.3, 0.4) is 0 Å². The molecule has 0 aromatic heterocycles. The van der Waals surface area contributed by atoms with Gasteiger partial charge in [0.05, 0.1) is 0 Å². The lowest BCUT2D eigenvalue weighted by atomic mass is 10.1. The summed E-state index contributed by atoms with van der Waals surface area (Å²) in [5, 5.41) is 0. The zero-order valence-electron chi connectivity index (χ0n) is 6.96. The monoisotopic (exact) mass is 155 g/mol. The molecule has 0 saturated carbocycles. The second-order valence-corrected chi connectivity index (χ2v) is 3.01. The van der Waals surface area contributed by atoms with Gasteiger partial charge in [0, 0.05) is 13.2 Å². The van der Waals surface area contributed by atoms with Gasteiger partial charge in [-0.1, -0.05) is 12.2 Å². The Morgan fingerprint density at radius 3 is 3.00 bits per heavy atom. The Morgan fingerprint density at radius 1 is 1.45 bits per heavy atom. The molecule has 1 heterocycles. The van der Waals surface area contributed by atoms with E-state index < -0.39 is 0 Å². The Bertz CT molecular complexity index is 117. The van der Waals surface area contributed by atoms with E-state index in [1.807, 2.05) is 0 Å². The van der Waals surface area contributed by atoms with E-state index in [2.05, 4.69) is 12.2 Å². The number of nitrogens with two attached hydrogens (primary N) is 1. The highest BCUT2D eigenvalue weighted by Crippen LogP contribution is 2.16. The largest absolute Gasteiger partial charge is 0.381 e. The fourth-order valence-electron chi connectivity index (χ4n) is 1.27. The van der Waals surface area contributed by atoms with Crippen LogP contribution in [0.25, 0.3) is 0 Å². The zero-order chi connectivity index (χ0) is 7.94. The normalized spacial score (nSPS) is 25.0. The van der Waals surface area contributed by atoms with E-state index in [0.29, 0.717) is 0 Å². The molecule has 0 aromatic rings. The van der Waals surface area contributed by atoms with Crippen molar-refractivity contribution in [3.63, 3.8) is 0 Å². The van der Waals surface area contributed by atoms with Crippen molar-refractivity contribution in [3.8, 4) is 0 Å². The molecule has 1 fully saturated rings. The van der Waals surface area contributed by atoms with E-state index in [4.69, 9.17) is 10.5 Å². The lowest BCUT2D eigenvalue weighted by Gasteiger charge is -2.00. The van der Waals surface area contributed by atoms with Gasteiger partial charge < -0.3 is 10.5 Å². The molecule has 0 bridgehead atoms. The Morgan fingerprint density at radius 2 is 2.36 bits per heavy atom. The standard InChI is InChI=1S/C9H17NO/c10-6-3-1-2-4-9-5-7-11-8-9/h1-2,9H,3-8,10H2/b2-1-. The van der Waals surface area contributed by atoms with Gasteiger partial charge >= 0.3 is 0 Å². The predicted molar refractivity (Wildman–Crippen MR) is 46.4 cm³/mol. The van der Waals surface area contributed by atoms with E-state index in [0.717, 1.165) is 32.1 Å². The van der Waals surface area contributed by atoms with Gasteiger partial charge in [0.15, 0.2) is 0 Å². The average Bonchev–Trinajstić information content (AvgIpc) is 2.50. The summed E-state index contributed by atoms with van der Waals surface area (Å²) in [5.74, 6) is 0.768. The maximum atomic E-state index is 5.35. The Kier molecular flexibility index (Phi) is 4.24. The van der Waals surface area contributed by atoms with E-state index in [1.165, 1.54) is 12.8 Å². The van der Waals surface area contributed by atoms with Gasteiger partial charge in [-0.05, 0) is 31.7 Å². The van der Waals surface area contributed by atoms with Crippen LogP contribution < -0.4 is 5.73 Å². The molecule has 1 atom stereocenters.